The minimum atomic E-state index is -0.719. The van der Waals surface area contributed by atoms with Gasteiger partial charge in [0.15, 0.2) is 0 Å². The zero-order valence-electron chi connectivity index (χ0n) is 11.0. The van der Waals surface area contributed by atoms with E-state index in [0.717, 1.165) is 48.7 Å². The van der Waals surface area contributed by atoms with E-state index >= 15 is 0 Å². The summed E-state index contributed by atoms with van der Waals surface area (Å²) in [6, 6.07) is 4.79. The van der Waals surface area contributed by atoms with Crippen molar-refractivity contribution >= 4 is 17.2 Å². The van der Waals surface area contributed by atoms with Crippen LogP contribution < -0.4 is 10.5 Å². The standard InChI is InChI=1S/C15H12F2N2OS/c16-9-5-10(17)7-11(6-9)20-15-12(14(18)21)4-8-2-1-3-13(8)19-15/h4-7H,1-3H2,(H2,18,21). The number of pyridine rings is 1. The van der Waals surface area contributed by atoms with Crippen LogP contribution in [0, 0.1) is 11.6 Å². The van der Waals surface area contributed by atoms with E-state index in [9.17, 15) is 8.78 Å². The molecule has 2 N–H and O–H groups in total. The number of benzene rings is 1. The normalized spacial score (nSPS) is 13.0. The van der Waals surface area contributed by atoms with Crippen LogP contribution in [-0.4, -0.2) is 9.97 Å². The number of hydrogen-bond donors (Lipinski definition) is 1. The Hall–Kier alpha value is -2.08. The molecule has 1 aliphatic rings. The van der Waals surface area contributed by atoms with Crippen molar-refractivity contribution in [2.75, 3.05) is 0 Å². The van der Waals surface area contributed by atoms with Crippen molar-refractivity contribution in [2.45, 2.75) is 19.3 Å². The molecule has 3 rings (SSSR count). The Labute approximate surface area is 125 Å². The third-order valence-corrected chi connectivity index (χ3v) is 3.55. The molecule has 0 amide bonds. The van der Waals surface area contributed by atoms with Crippen LogP contribution in [-0.2, 0) is 12.8 Å². The summed E-state index contributed by atoms with van der Waals surface area (Å²) in [5.41, 5.74) is 8.18. The number of nitrogens with zero attached hydrogens (tertiary/aromatic N) is 1. The highest BCUT2D eigenvalue weighted by molar-refractivity contribution is 7.80. The van der Waals surface area contributed by atoms with Gasteiger partial charge in [-0.1, -0.05) is 12.2 Å². The SMILES string of the molecule is NC(=S)c1cc2c(nc1Oc1cc(F)cc(F)c1)CCC2. The van der Waals surface area contributed by atoms with Crippen LogP contribution in [0.1, 0.15) is 23.2 Å². The van der Waals surface area contributed by atoms with Gasteiger partial charge in [0.1, 0.15) is 22.4 Å². The maximum absolute atomic E-state index is 13.2. The maximum Gasteiger partial charge on any atom is 0.229 e. The summed E-state index contributed by atoms with van der Waals surface area (Å²) in [4.78, 5) is 4.54. The summed E-state index contributed by atoms with van der Waals surface area (Å²) in [6.07, 6.45) is 2.78. The molecule has 0 radical (unpaired) electrons. The second kappa shape index (κ2) is 5.37. The number of aromatic nitrogens is 1. The minimum Gasteiger partial charge on any atom is -0.438 e. The van der Waals surface area contributed by atoms with Gasteiger partial charge in [0.05, 0.1) is 5.56 Å². The molecule has 0 saturated heterocycles. The van der Waals surface area contributed by atoms with Gasteiger partial charge < -0.3 is 10.5 Å². The molecule has 21 heavy (non-hydrogen) atoms. The second-order valence-electron chi connectivity index (χ2n) is 4.87. The number of ether oxygens (including phenoxy) is 1. The first-order valence-corrected chi connectivity index (χ1v) is 6.90. The van der Waals surface area contributed by atoms with Crippen molar-refractivity contribution in [2.24, 2.45) is 5.73 Å². The van der Waals surface area contributed by atoms with Crippen molar-refractivity contribution in [1.82, 2.24) is 4.98 Å². The van der Waals surface area contributed by atoms with Crippen molar-refractivity contribution in [1.29, 1.82) is 0 Å². The molecule has 6 heteroatoms. The number of aryl methyl sites for hydroxylation is 2. The van der Waals surface area contributed by atoms with Gasteiger partial charge in [-0.05, 0) is 30.9 Å². The topological polar surface area (TPSA) is 48.1 Å². The molecule has 1 aromatic carbocycles. The van der Waals surface area contributed by atoms with E-state index in [2.05, 4.69) is 4.98 Å². The molecule has 0 spiro atoms. The molecule has 1 aliphatic carbocycles. The van der Waals surface area contributed by atoms with Gasteiger partial charge in [-0.3, -0.25) is 0 Å². The molecule has 2 aromatic rings. The number of thiocarbonyl (C=S) groups is 1. The fraction of sp³-hybridized carbons (Fsp3) is 0.200. The first-order chi connectivity index (χ1) is 10.0. The molecule has 0 aliphatic heterocycles. The molecule has 0 atom stereocenters. The van der Waals surface area contributed by atoms with Crippen LogP contribution in [0.25, 0.3) is 0 Å². The lowest BCUT2D eigenvalue weighted by molar-refractivity contribution is 0.449. The van der Waals surface area contributed by atoms with Crippen LogP contribution in [0.5, 0.6) is 11.6 Å². The largest absolute Gasteiger partial charge is 0.438 e. The Balaban J connectivity index is 2.03. The average molecular weight is 306 g/mol. The Morgan fingerprint density at radius 3 is 2.52 bits per heavy atom. The summed E-state index contributed by atoms with van der Waals surface area (Å²) < 4.78 is 31.9. The lowest BCUT2D eigenvalue weighted by Gasteiger charge is -2.12. The molecule has 0 unspecified atom stereocenters. The van der Waals surface area contributed by atoms with E-state index in [-0.39, 0.29) is 16.6 Å². The van der Waals surface area contributed by atoms with E-state index < -0.39 is 11.6 Å². The zero-order valence-corrected chi connectivity index (χ0v) is 11.8. The number of nitrogens with two attached hydrogens (primary N) is 1. The average Bonchev–Trinajstić information content (AvgIpc) is 2.83. The van der Waals surface area contributed by atoms with Crippen LogP contribution in [0.2, 0.25) is 0 Å². The van der Waals surface area contributed by atoms with E-state index in [1.807, 2.05) is 6.07 Å². The van der Waals surface area contributed by atoms with Gasteiger partial charge in [-0.15, -0.1) is 0 Å². The van der Waals surface area contributed by atoms with Crippen LogP contribution >= 0.6 is 12.2 Å². The molecular formula is C15H12F2N2OS. The third kappa shape index (κ3) is 2.85. The first kappa shape index (κ1) is 13.9. The van der Waals surface area contributed by atoms with Gasteiger partial charge in [-0.2, -0.15) is 0 Å². The summed E-state index contributed by atoms with van der Waals surface area (Å²) >= 11 is 5.00. The zero-order chi connectivity index (χ0) is 15.0. The number of hydrogen-bond acceptors (Lipinski definition) is 3. The van der Waals surface area contributed by atoms with Gasteiger partial charge in [0.2, 0.25) is 5.88 Å². The molecule has 108 valence electrons. The van der Waals surface area contributed by atoms with Crippen LogP contribution in [0.15, 0.2) is 24.3 Å². The summed E-state index contributed by atoms with van der Waals surface area (Å²) in [5.74, 6) is -1.23. The molecule has 0 bridgehead atoms. The second-order valence-corrected chi connectivity index (χ2v) is 5.31. The summed E-state index contributed by atoms with van der Waals surface area (Å²) in [7, 11) is 0. The van der Waals surface area contributed by atoms with Gasteiger partial charge >= 0.3 is 0 Å². The van der Waals surface area contributed by atoms with Gasteiger partial charge in [-0.25, -0.2) is 13.8 Å². The smallest absolute Gasteiger partial charge is 0.229 e. The highest BCUT2D eigenvalue weighted by atomic mass is 32.1. The molecule has 3 nitrogen and oxygen atoms in total. The molecule has 0 saturated carbocycles. The Bertz CT molecular complexity index is 714. The van der Waals surface area contributed by atoms with E-state index in [1.165, 1.54) is 0 Å². The van der Waals surface area contributed by atoms with Crippen molar-refractivity contribution in [3.05, 3.63) is 52.7 Å². The van der Waals surface area contributed by atoms with Gasteiger partial charge in [0.25, 0.3) is 0 Å². The molecular weight excluding hydrogens is 294 g/mol. The molecule has 1 aromatic heterocycles. The lowest BCUT2D eigenvalue weighted by Crippen LogP contribution is -2.13. The number of rotatable bonds is 3. The predicted octanol–water partition coefficient (Wildman–Crippen LogP) is 3.28. The maximum atomic E-state index is 13.2. The molecule has 1 heterocycles. The summed E-state index contributed by atoms with van der Waals surface area (Å²) in [5, 5.41) is 0. The lowest BCUT2D eigenvalue weighted by atomic mass is 10.1. The Morgan fingerprint density at radius 2 is 1.86 bits per heavy atom. The van der Waals surface area contributed by atoms with Crippen molar-refractivity contribution in [3.8, 4) is 11.6 Å². The first-order valence-electron chi connectivity index (χ1n) is 6.49. The highest BCUT2D eigenvalue weighted by Crippen LogP contribution is 2.30. The van der Waals surface area contributed by atoms with Crippen molar-refractivity contribution in [3.63, 3.8) is 0 Å². The monoisotopic (exact) mass is 306 g/mol. The summed E-state index contributed by atoms with van der Waals surface area (Å²) in [6.45, 7) is 0. The molecule has 0 fully saturated rings. The predicted molar refractivity (Wildman–Crippen MR) is 78.6 cm³/mol. The quantitative estimate of drug-likeness (QED) is 0.884. The van der Waals surface area contributed by atoms with Crippen LogP contribution in [0.3, 0.4) is 0 Å². The third-order valence-electron chi connectivity index (χ3n) is 3.33. The fourth-order valence-electron chi connectivity index (χ4n) is 2.41. The van der Waals surface area contributed by atoms with E-state index in [1.54, 1.807) is 0 Å². The number of fused-ring (bicyclic) bond motifs is 1. The van der Waals surface area contributed by atoms with Crippen molar-refractivity contribution < 1.29 is 13.5 Å². The highest BCUT2D eigenvalue weighted by Gasteiger charge is 2.19. The Kier molecular flexibility index (Phi) is 3.55. The fourth-order valence-corrected chi connectivity index (χ4v) is 2.55. The van der Waals surface area contributed by atoms with E-state index in [4.69, 9.17) is 22.7 Å². The van der Waals surface area contributed by atoms with E-state index in [0.29, 0.717) is 5.56 Å². The van der Waals surface area contributed by atoms with Crippen LogP contribution in [0.4, 0.5) is 8.78 Å². The minimum absolute atomic E-state index is 0.0236. The van der Waals surface area contributed by atoms with Gasteiger partial charge in [0, 0.05) is 23.9 Å². The number of halogens is 2. The Morgan fingerprint density at radius 1 is 1.14 bits per heavy atom.